The van der Waals surface area contributed by atoms with Gasteiger partial charge in [-0.2, -0.15) is 0 Å². The molecule has 0 aromatic heterocycles. The molecule has 0 saturated heterocycles. The third kappa shape index (κ3) is 4.31. The summed E-state index contributed by atoms with van der Waals surface area (Å²) in [6.45, 7) is 2.34. The highest BCUT2D eigenvalue weighted by atomic mass is 32.1. The van der Waals surface area contributed by atoms with Gasteiger partial charge in [0.2, 0.25) is 0 Å². The van der Waals surface area contributed by atoms with Crippen LogP contribution in [0.4, 0.5) is 0 Å². The first kappa shape index (κ1) is 16.1. The van der Waals surface area contributed by atoms with Crippen molar-refractivity contribution < 1.29 is 14.3 Å². The molecule has 2 N–H and O–H groups in total. The molecule has 0 fully saturated rings. The van der Waals surface area contributed by atoms with Crippen molar-refractivity contribution in [2.75, 3.05) is 20.2 Å². The van der Waals surface area contributed by atoms with Crippen LogP contribution in [-0.2, 0) is 9.53 Å². The number of thiocarbonyl (C=S) groups is 1. The van der Waals surface area contributed by atoms with Crippen molar-refractivity contribution in [3.8, 4) is 0 Å². The van der Waals surface area contributed by atoms with Crippen molar-refractivity contribution in [2.45, 2.75) is 13.3 Å². The minimum Gasteiger partial charge on any atom is -0.468 e. The fourth-order valence-electron chi connectivity index (χ4n) is 1.73. The Kier molecular flexibility index (Phi) is 6.11. The molecule has 0 aliphatic rings. The summed E-state index contributed by atoms with van der Waals surface area (Å²) in [6.07, 6.45) is 0.748. The number of hydrogen-bond donors (Lipinski definition) is 1. The molecule has 0 saturated carbocycles. The van der Waals surface area contributed by atoms with Crippen LogP contribution < -0.4 is 5.73 Å². The normalized spacial score (nSPS) is 9.90. The quantitative estimate of drug-likeness (QED) is 0.633. The molecule has 0 heterocycles. The molecule has 0 aliphatic heterocycles. The van der Waals surface area contributed by atoms with Crippen LogP contribution in [0.1, 0.15) is 29.3 Å². The average Bonchev–Trinajstić information content (AvgIpc) is 2.45. The summed E-state index contributed by atoms with van der Waals surface area (Å²) in [4.78, 5) is 25.4. The van der Waals surface area contributed by atoms with Crippen molar-refractivity contribution in [3.05, 3.63) is 35.4 Å². The van der Waals surface area contributed by atoms with Crippen molar-refractivity contribution in [3.63, 3.8) is 0 Å². The van der Waals surface area contributed by atoms with Crippen LogP contribution in [0.2, 0.25) is 0 Å². The fraction of sp³-hybridized carbons (Fsp3) is 0.357. The van der Waals surface area contributed by atoms with Gasteiger partial charge < -0.3 is 15.4 Å². The van der Waals surface area contributed by atoms with Crippen LogP contribution in [0, 0.1) is 0 Å². The molecule has 0 unspecified atom stereocenters. The Morgan fingerprint density at radius 3 is 2.55 bits per heavy atom. The number of methoxy groups -OCH3 is 1. The van der Waals surface area contributed by atoms with E-state index < -0.39 is 5.97 Å². The molecule has 0 atom stereocenters. The van der Waals surface area contributed by atoms with E-state index in [-0.39, 0.29) is 17.4 Å². The molecule has 1 amide bonds. The van der Waals surface area contributed by atoms with Gasteiger partial charge in [0.15, 0.2) is 0 Å². The highest BCUT2D eigenvalue weighted by Gasteiger charge is 2.18. The van der Waals surface area contributed by atoms with Crippen LogP contribution in [0.15, 0.2) is 24.3 Å². The van der Waals surface area contributed by atoms with E-state index in [1.165, 1.54) is 12.0 Å². The summed E-state index contributed by atoms with van der Waals surface area (Å²) in [5.41, 5.74) is 6.63. The van der Waals surface area contributed by atoms with Gasteiger partial charge in [0, 0.05) is 17.7 Å². The summed E-state index contributed by atoms with van der Waals surface area (Å²) in [6, 6.07) is 6.75. The zero-order chi connectivity index (χ0) is 15.1. The van der Waals surface area contributed by atoms with Gasteiger partial charge in [0.05, 0.1) is 7.11 Å². The summed E-state index contributed by atoms with van der Waals surface area (Å²) in [7, 11) is 1.30. The maximum absolute atomic E-state index is 12.4. The molecule has 20 heavy (non-hydrogen) atoms. The molecule has 108 valence electrons. The molecule has 0 spiro atoms. The van der Waals surface area contributed by atoms with E-state index in [2.05, 4.69) is 4.74 Å². The summed E-state index contributed by atoms with van der Waals surface area (Å²) in [5.74, 6) is -0.687. The van der Waals surface area contributed by atoms with Gasteiger partial charge >= 0.3 is 5.97 Å². The summed E-state index contributed by atoms with van der Waals surface area (Å²) in [5, 5.41) is 0. The maximum atomic E-state index is 12.4. The third-order valence-electron chi connectivity index (χ3n) is 2.72. The number of esters is 1. The minimum atomic E-state index is -0.447. The van der Waals surface area contributed by atoms with Gasteiger partial charge in [-0.05, 0) is 18.6 Å². The van der Waals surface area contributed by atoms with Gasteiger partial charge in [-0.3, -0.25) is 9.59 Å². The molecule has 0 radical (unpaired) electrons. The second kappa shape index (κ2) is 7.59. The van der Waals surface area contributed by atoms with E-state index in [4.69, 9.17) is 18.0 Å². The topological polar surface area (TPSA) is 72.6 Å². The van der Waals surface area contributed by atoms with Crippen LogP contribution in [-0.4, -0.2) is 42.0 Å². The van der Waals surface area contributed by atoms with E-state index in [0.717, 1.165) is 6.42 Å². The van der Waals surface area contributed by atoms with Crippen molar-refractivity contribution >= 4 is 29.1 Å². The Bertz CT molecular complexity index is 517. The first-order valence-electron chi connectivity index (χ1n) is 6.25. The van der Waals surface area contributed by atoms with Crippen molar-refractivity contribution in [1.82, 2.24) is 4.90 Å². The minimum absolute atomic E-state index is 0.0690. The van der Waals surface area contributed by atoms with Gasteiger partial charge in [0.1, 0.15) is 11.5 Å². The van der Waals surface area contributed by atoms with Gasteiger partial charge in [-0.25, -0.2) is 0 Å². The number of ether oxygens (including phenoxy) is 1. The van der Waals surface area contributed by atoms with Crippen LogP contribution in [0.5, 0.6) is 0 Å². The monoisotopic (exact) mass is 294 g/mol. The Labute approximate surface area is 123 Å². The van der Waals surface area contributed by atoms with E-state index in [1.807, 2.05) is 6.92 Å². The number of amides is 1. The van der Waals surface area contributed by atoms with E-state index in [9.17, 15) is 9.59 Å². The van der Waals surface area contributed by atoms with Gasteiger partial charge in [-0.1, -0.05) is 31.3 Å². The lowest BCUT2D eigenvalue weighted by Crippen LogP contribution is -2.36. The Morgan fingerprint density at radius 1 is 1.35 bits per heavy atom. The fourth-order valence-corrected chi connectivity index (χ4v) is 1.86. The van der Waals surface area contributed by atoms with Crippen molar-refractivity contribution in [1.29, 1.82) is 0 Å². The number of benzene rings is 1. The van der Waals surface area contributed by atoms with Crippen LogP contribution in [0.3, 0.4) is 0 Å². The number of nitrogens with two attached hydrogens (primary N) is 1. The number of carbonyl (C=O) groups is 2. The highest BCUT2D eigenvalue weighted by molar-refractivity contribution is 7.80. The molecule has 0 bridgehead atoms. The largest absolute Gasteiger partial charge is 0.468 e. The third-order valence-corrected chi connectivity index (χ3v) is 2.96. The molecule has 6 heteroatoms. The molecule has 1 aromatic carbocycles. The SMILES string of the molecule is CCCN(CC(=O)OC)C(=O)c1cccc(C(N)=S)c1. The Balaban J connectivity index is 2.96. The van der Waals surface area contributed by atoms with Crippen LogP contribution in [0.25, 0.3) is 0 Å². The molecular formula is C14H18N2O3S. The predicted molar refractivity (Wildman–Crippen MR) is 80.5 cm³/mol. The zero-order valence-corrected chi connectivity index (χ0v) is 12.4. The van der Waals surface area contributed by atoms with Crippen molar-refractivity contribution in [2.24, 2.45) is 5.73 Å². The zero-order valence-electron chi connectivity index (χ0n) is 11.6. The van der Waals surface area contributed by atoms with Gasteiger partial charge in [0.25, 0.3) is 5.91 Å². The lowest BCUT2D eigenvalue weighted by molar-refractivity contribution is -0.141. The number of hydrogen-bond acceptors (Lipinski definition) is 4. The van der Waals surface area contributed by atoms with E-state index in [0.29, 0.717) is 17.7 Å². The maximum Gasteiger partial charge on any atom is 0.325 e. The first-order chi connectivity index (χ1) is 9.49. The molecular weight excluding hydrogens is 276 g/mol. The first-order valence-corrected chi connectivity index (χ1v) is 6.66. The lowest BCUT2D eigenvalue weighted by atomic mass is 10.1. The smallest absolute Gasteiger partial charge is 0.325 e. The summed E-state index contributed by atoms with van der Waals surface area (Å²) >= 11 is 4.89. The van der Waals surface area contributed by atoms with E-state index in [1.54, 1.807) is 24.3 Å². The Hall–Kier alpha value is -1.95. The summed E-state index contributed by atoms with van der Waals surface area (Å²) < 4.78 is 4.60. The number of rotatable bonds is 6. The highest BCUT2D eigenvalue weighted by Crippen LogP contribution is 2.09. The lowest BCUT2D eigenvalue weighted by Gasteiger charge is -2.21. The van der Waals surface area contributed by atoms with E-state index >= 15 is 0 Å². The second-order valence-electron chi connectivity index (χ2n) is 4.25. The second-order valence-corrected chi connectivity index (χ2v) is 4.69. The number of carbonyl (C=O) groups excluding carboxylic acids is 2. The molecule has 1 rings (SSSR count). The molecule has 5 nitrogen and oxygen atoms in total. The number of nitrogens with zero attached hydrogens (tertiary/aromatic N) is 1. The van der Waals surface area contributed by atoms with Gasteiger partial charge in [-0.15, -0.1) is 0 Å². The molecule has 1 aromatic rings. The van der Waals surface area contributed by atoms with Crippen LogP contribution >= 0.6 is 12.2 Å². The predicted octanol–water partition coefficient (Wildman–Crippen LogP) is 1.35. The molecule has 0 aliphatic carbocycles. The average molecular weight is 294 g/mol. The standard InChI is InChI=1S/C14H18N2O3S/c1-3-7-16(9-12(17)19-2)14(18)11-6-4-5-10(8-11)13(15)20/h4-6,8H,3,7,9H2,1-2H3,(H2,15,20). The Morgan fingerprint density at radius 2 is 2.00 bits per heavy atom.